The molecule has 0 saturated carbocycles. The van der Waals surface area contributed by atoms with Crippen molar-refractivity contribution in [1.82, 2.24) is 0 Å². The number of methoxy groups -OCH3 is 1. The van der Waals surface area contributed by atoms with E-state index >= 15 is 0 Å². The van der Waals surface area contributed by atoms with E-state index in [0.29, 0.717) is 17.2 Å². The van der Waals surface area contributed by atoms with Crippen LogP contribution < -0.4 is 10.1 Å². The van der Waals surface area contributed by atoms with E-state index in [0.717, 1.165) is 11.4 Å². The molecule has 2 aromatic carbocycles. The van der Waals surface area contributed by atoms with Crippen molar-refractivity contribution in [1.29, 1.82) is 0 Å². The van der Waals surface area contributed by atoms with Crippen LogP contribution in [0, 0.1) is 0 Å². The first kappa shape index (κ1) is 16.2. The molecule has 0 bridgehead atoms. The molecule has 0 aliphatic heterocycles. The van der Waals surface area contributed by atoms with Crippen molar-refractivity contribution < 1.29 is 14.3 Å². The molecule has 0 spiro atoms. The second-order valence-corrected chi connectivity index (χ2v) is 4.99. The smallest absolute Gasteiger partial charge is 0.333 e. The molecular weight excluding hydrogens is 302 g/mol. The minimum absolute atomic E-state index is 0.310. The zero-order chi connectivity index (χ0) is 15.9. The lowest BCUT2D eigenvalue weighted by Crippen LogP contribution is -2.23. The molecule has 0 saturated heterocycles. The quantitative estimate of drug-likeness (QED) is 0.815. The van der Waals surface area contributed by atoms with Crippen molar-refractivity contribution in [3.05, 3.63) is 59.1 Å². The Labute approximate surface area is 135 Å². The number of rotatable bonds is 6. The highest BCUT2D eigenvalue weighted by Gasteiger charge is 2.24. The topological polar surface area (TPSA) is 47.6 Å². The number of anilines is 1. The fourth-order valence-corrected chi connectivity index (χ4v) is 2.30. The van der Waals surface area contributed by atoms with Gasteiger partial charge in [-0.1, -0.05) is 29.8 Å². The summed E-state index contributed by atoms with van der Waals surface area (Å²) in [4.78, 5) is 12.3. The highest BCUT2D eigenvalue weighted by molar-refractivity contribution is 6.31. The molecule has 0 radical (unpaired) electrons. The third kappa shape index (κ3) is 3.92. The molecule has 2 rings (SSSR count). The van der Waals surface area contributed by atoms with Gasteiger partial charge in [0.2, 0.25) is 0 Å². The van der Waals surface area contributed by atoms with Crippen LogP contribution in [0.25, 0.3) is 0 Å². The fourth-order valence-electron chi connectivity index (χ4n) is 2.05. The fraction of sp³-hybridized carbons (Fsp3) is 0.235. The van der Waals surface area contributed by atoms with Crippen molar-refractivity contribution >= 4 is 23.3 Å². The highest BCUT2D eigenvalue weighted by atomic mass is 35.5. The number of carbonyl (C=O) groups is 1. The van der Waals surface area contributed by atoms with E-state index in [1.54, 1.807) is 26.2 Å². The van der Waals surface area contributed by atoms with E-state index < -0.39 is 6.04 Å². The molecule has 0 amide bonds. The van der Waals surface area contributed by atoms with Crippen molar-refractivity contribution in [3.63, 3.8) is 0 Å². The van der Waals surface area contributed by atoms with Crippen LogP contribution in [0.2, 0.25) is 5.02 Å². The number of benzene rings is 2. The first-order valence-electron chi connectivity index (χ1n) is 6.97. The second-order valence-electron chi connectivity index (χ2n) is 4.58. The van der Waals surface area contributed by atoms with Gasteiger partial charge < -0.3 is 14.8 Å². The molecule has 22 heavy (non-hydrogen) atoms. The van der Waals surface area contributed by atoms with Crippen LogP contribution in [0.15, 0.2) is 48.5 Å². The number of nitrogens with one attached hydrogen (secondary N) is 1. The molecule has 0 aliphatic rings. The summed E-state index contributed by atoms with van der Waals surface area (Å²) in [5, 5.41) is 3.67. The Morgan fingerprint density at radius 2 is 1.86 bits per heavy atom. The zero-order valence-electron chi connectivity index (χ0n) is 12.5. The molecule has 1 N–H and O–H groups in total. The molecule has 0 aromatic heterocycles. The van der Waals surface area contributed by atoms with Crippen LogP contribution in [-0.4, -0.2) is 19.7 Å². The predicted molar refractivity (Wildman–Crippen MR) is 87.4 cm³/mol. The van der Waals surface area contributed by atoms with Crippen LogP contribution >= 0.6 is 11.6 Å². The van der Waals surface area contributed by atoms with Crippen molar-refractivity contribution in [2.45, 2.75) is 13.0 Å². The Bertz CT molecular complexity index is 628. The molecule has 2 aromatic rings. The van der Waals surface area contributed by atoms with Gasteiger partial charge in [0.1, 0.15) is 5.75 Å². The number of halogens is 1. The molecule has 116 valence electrons. The lowest BCUT2D eigenvalue weighted by molar-refractivity contribution is -0.144. The molecule has 4 nitrogen and oxygen atoms in total. The molecule has 5 heteroatoms. The summed E-state index contributed by atoms with van der Waals surface area (Å²) in [5.41, 5.74) is 1.46. The standard InChI is InChI=1S/C17H18ClNO3/c1-3-22-17(20)16(14-6-4-5-7-15(14)18)19-12-8-10-13(21-2)11-9-12/h4-11,16,19H,3H2,1-2H3. The zero-order valence-corrected chi connectivity index (χ0v) is 13.3. The van der Waals surface area contributed by atoms with Crippen LogP contribution in [0.1, 0.15) is 18.5 Å². The number of hydrogen-bond acceptors (Lipinski definition) is 4. The van der Waals surface area contributed by atoms with Crippen molar-refractivity contribution in [2.24, 2.45) is 0 Å². The van der Waals surface area contributed by atoms with E-state index in [9.17, 15) is 4.79 Å². The Morgan fingerprint density at radius 3 is 2.45 bits per heavy atom. The van der Waals surface area contributed by atoms with Gasteiger partial charge in [-0.25, -0.2) is 4.79 Å². The van der Waals surface area contributed by atoms with Crippen LogP contribution in [-0.2, 0) is 9.53 Å². The molecule has 0 heterocycles. The number of hydrogen-bond donors (Lipinski definition) is 1. The maximum atomic E-state index is 12.3. The summed E-state index contributed by atoms with van der Waals surface area (Å²) < 4.78 is 10.3. The van der Waals surface area contributed by atoms with Gasteiger partial charge in [0.05, 0.1) is 13.7 Å². The Morgan fingerprint density at radius 1 is 1.18 bits per heavy atom. The van der Waals surface area contributed by atoms with Crippen LogP contribution in [0.3, 0.4) is 0 Å². The summed E-state index contributed by atoms with van der Waals surface area (Å²) in [6.45, 7) is 2.08. The molecule has 1 atom stereocenters. The largest absolute Gasteiger partial charge is 0.497 e. The van der Waals surface area contributed by atoms with E-state index in [4.69, 9.17) is 21.1 Å². The summed E-state index contributed by atoms with van der Waals surface area (Å²) in [5.74, 6) is 0.377. The first-order chi connectivity index (χ1) is 10.7. The lowest BCUT2D eigenvalue weighted by atomic mass is 10.1. The Balaban J connectivity index is 2.28. The number of esters is 1. The van der Waals surface area contributed by atoms with Gasteiger partial charge in [0.15, 0.2) is 6.04 Å². The SMILES string of the molecule is CCOC(=O)C(Nc1ccc(OC)cc1)c1ccccc1Cl. The Hall–Kier alpha value is -2.20. The van der Waals surface area contributed by atoms with Gasteiger partial charge in [0, 0.05) is 16.3 Å². The number of carbonyl (C=O) groups excluding carboxylic acids is 1. The van der Waals surface area contributed by atoms with E-state index in [2.05, 4.69) is 5.32 Å². The molecule has 1 unspecified atom stereocenters. The molecule has 0 aliphatic carbocycles. The first-order valence-corrected chi connectivity index (χ1v) is 7.35. The monoisotopic (exact) mass is 319 g/mol. The summed E-state index contributed by atoms with van der Waals surface area (Å²) in [6.07, 6.45) is 0. The molecular formula is C17H18ClNO3. The van der Waals surface area contributed by atoms with Crippen LogP contribution in [0.4, 0.5) is 5.69 Å². The van der Waals surface area contributed by atoms with Gasteiger partial charge >= 0.3 is 5.97 Å². The molecule has 0 fully saturated rings. The van der Waals surface area contributed by atoms with Gasteiger partial charge in [-0.05, 0) is 37.3 Å². The van der Waals surface area contributed by atoms with Crippen molar-refractivity contribution in [2.75, 3.05) is 19.0 Å². The lowest BCUT2D eigenvalue weighted by Gasteiger charge is -2.20. The highest BCUT2D eigenvalue weighted by Crippen LogP contribution is 2.28. The van der Waals surface area contributed by atoms with Gasteiger partial charge in [-0.3, -0.25) is 0 Å². The van der Waals surface area contributed by atoms with Gasteiger partial charge in [-0.15, -0.1) is 0 Å². The Kier molecular flexibility index (Phi) is 5.67. The third-order valence-electron chi connectivity index (χ3n) is 3.14. The van der Waals surface area contributed by atoms with E-state index in [1.807, 2.05) is 36.4 Å². The normalized spacial score (nSPS) is 11.6. The average Bonchev–Trinajstić information content (AvgIpc) is 2.54. The van der Waals surface area contributed by atoms with Gasteiger partial charge in [-0.2, -0.15) is 0 Å². The average molecular weight is 320 g/mol. The summed E-state index contributed by atoms with van der Waals surface area (Å²) >= 11 is 6.21. The summed E-state index contributed by atoms with van der Waals surface area (Å²) in [7, 11) is 1.60. The summed E-state index contributed by atoms with van der Waals surface area (Å²) in [6, 6.07) is 13.9. The van der Waals surface area contributed by atoms with E-state index in [1.165, 1.54) is 0 Å². The maximum absolute atomic E-state index is 12.3. The van der Waals surface area contributed by atoms with Crippen LogP contribution in [0.5, 0.6) is 5.75 Å². The number of ether oxygens (including phenoxy) is 2. The van der Waals surface area contributed by atoms with E-state index in [-0.39, 0.29) is 5.97 Å². The minimum Gasteiger partial charge on any atom is -0.497 e. The minimum atomic E-state index is -0.665. The van der Waals surface area contributed by atoms with Crippen molar-refractivity contribution in [3.8, 4) is 5.75 Å². The predicted octanol–water partition coefficient (Wildman–Crippen LogP) is 4.06. The second kappa shape index (κ2) is 7.71. The maximum Gasteiger partial charge on any atom is 0.333 e. The van der Waals surface area contributed by atoms with Gasteiger partial charge in [0.25, 0.3) is 0 Å². The third-order valence-corrected chi connectivity index (χ3v) is 3.48.